The topological polar surface area (TPSA) is 83.1 Å². The van der Waals surface area contributed by atoms with E-state index in [9.17, 15) is 13.2 Å². The summed E-state index contributed by atoms with van der Waals surface area (Å²) in [5.74, 6) is 0.324. The average Bonchev–Trinajstić information content (AvgIpc) is 2.61. The summed E-state index contributed by atoms with van der Waals surface area (Å²) in [4.78, 5) is 19.6. The first-order valence-corrected chi connectivity index (χ1v) is 9.82. The molecule has 0 saturated heterocycles. The molecular formula is C19H21N3O3S. The predicted octanol–water partition coefficient (Wildman–Crippen LogP) is 2.75. The Morgan fingerprint density at radius 2 is 1.85 bits per heavy atom. The minimum Gasteiger partial charge on any atom is -0.309 e. The van der Waals surface area contributed by atoms with Crippen molar-refractivity contribution >= 4 is 20.9 Å². The Hall–Kier alpha value is -2.51. The number of sulfonamides is 1. The Labute approximate surface area is 152 Å². The molecule has 0 amide bonds. The van der Waals surface area contributed by atoms with Gasteiger partial charge >= 0.3 is 0 Å². The molecule has 6 nitrogen and oxygen atoms in total. The van der Waals surface area contributed by atoms with Crippen molar-refractivity contribution in [1.29, 1.82) is 0 Å². The van der Waals surface area contributed by atoms with Crippen LogP contribution in [0.1, 0.15) is 23.9 Å². The first kappa shape index (κ1) is 18.3. The Kier molecular flexibility index (Phi) is 4.93. The highest BCUT2D eigenvalue weighted by molar-refractivity contribution is 7.89. The van der Waals surface area contributed by atoms with Gasteiger partial charge < -0.3 is 4.98 Å². The van der Waals surface area contributed by atoms with Crippen LogP contribution in [0, 0.1) is 13.8 Å². The second kappa shape index (κ2) is 7.01. The lowest BCUT2D eigenvalue weighted by Gasteiger charge is -2.21. The summed E-state index contributed by atoms with van der Waals surface area (Å²) in [6.07, 6.45) is 0. The highest BCUT2D eigenvalue weighted by Gasteiger charge is 2.26. The van der Waals surface area contributed by atoms with Crippen LogP contribution in [-0.4, -0.2) is 29.2 Å². The van der Waals surface area contributed by atoms with E-state index in [1.807, 2.05) is 13.0 Å². The number of rotatable bonds is 5. The van der Waals surface area contributed by atoms with Gasteiger partial charge in [-0.15, -0.1) is 0 Å². The van der Waals surface area contributed by atoms with Crippen molar-refractivity contribution < 1.29 is 8.42 Å². The number of H-pyrrole nitrogens is 1. The smallest absolute Gasteiger partial charge is 0.258 e. The Bertz CT molecular complexity index is 1120. The van der Waals surface area contributed by atoms with E-state index in [-0.39, 0.29) is 23.5 Å². The number of para-hydroxylation sites is 1. The summed E-state index contributed by atoms with van der Waals surface area (Å²) in [5.41, 5.74) is 1.84. The van der Waals surface area contributed by atoms with Gasteiger partial charge in [0.15, 0.2) is 0 Å². The van der Waals surface area contributed by atoms with Crippen LogP contribution >= 0.6 is 0 Å². The number of aryl methyl sites for hydroxylation is 2. The number of hydrogen-bond acceptors (Lipinski definition) is 4. The van der Waals surface area contributed by atoms with Crippen LogP contribution in [0.4, 0.5) is 0 Å². The normalized spacial score (nSPS) is 12.0. The average molecular weight is 371 g/mol. The molecule has 1 N–H and O–H groups in total. The lowest BCUT2D eigenvalue weighted by molar-refractivity contribution is 0.413. The molecule has 1 aromatic heterocycles. The molecule has 1 heterocycles. The second-order valence-corrected chi connectivity index (χ2v) is 8.14. The molecule has 0 fully saturated rings. The summed E-state index contributed by atoms with van der Waals surface area (Å²) in [7, 11) is -3.70. The van der Waals surface area contributed by atoms with Gasteiger partial charge in [-0.1, -0.05) is 31.2 Å². The van der Waals surface area contributed by atoms with Gasteiger partial charge in [0.2, 0.25) is 10.0 Å². The number of fused-ring (bicyclic) bond motifs is 1. The number of nitrogens with one attached hydrogen (secondary N) is 1. The molecule has 2 aromatic carbocycles. The number of aromatic amines is 1. The van der Waals surface area contributed by atoms with Crippen molar-refractivity contribution in [3.8, 4) is 0 Å². The van der Waals surface area contributed by atoms with Crippen LogP contribution in [0.3, 0.4) is 0 Å². The fraction of sp³-hybridized carbons (Fsp3) is 0.263. The maximum atomic E-state index is 13.1. The van der Waals surface area contributed by atoms with E-state index in [4.69, 9.17) is 0 Å². The van der Waals surface area contributed by atoms with Crippen molar-refractivity contribution in [2.45, 2.75) is 32.2 Å². The molecule has 0 aliphatic rings. The minimum atomic E-state index is -3.70. The van der Waals surface area contributed by atoms with Crippen LogP contribution in [0.5, 0.6) is 0 Å². The molecule has 0 bridgehead atoms. The summed E-state index contributed by atoms with van der Waals surface area (Å²) >= 11 is 0. The lowest BCUT2D eigenvalue weighted by Crippen LogP contribution is -2.32. The number of hydrogen-bond donors (Lipinski definition) is 1. The largest absolute Gasteiger partial charge is 0.309 e. The molecule has 0 atom stereocenters. The van der Waals surface area contributed by atoms with Gasteiger partial charge in [-0.3, -0.25) is 4.79 Å². The van der Waals surface area contributed by atoms with Gasteiger partial charge in [0.1, 0.15) is 5.82 Å². The van der Waals surface area contributed by atoms with Crippen LogP contribution in [-0.2, 0) is 16.6 Å². The third kappa shape index (κ3) is 3.40. The van der Waals surface area contributed by atoms with Gasteiger partial charge in [0.05, 0.1) is 22.3 Å². The summed E-state index contributed by atoms with van der Waals surface area (Å²) in [6.45, 7) is 5.67. The number of aromatic nitrogens is 2. The molecular weight excluding hydrogens is 350 g/mol. The van der Waals surface area contributed by atoms with Crippen LogP contribution in [0.15, 0.2) is 52.2 Å². The number of nitrogens with zero attached hydrogens (tertiary/aromatic N) is 2. The molecule has 3 rings (SSSR count). The molecule has 0 spiro atoms. The van der Waals surface area contributed by atoms with Gasteiger partial charge in [-0.05, 0) is 43.2 Å². The highest BCUT2D eigenvalue weighted by atomic mass is 32.2. The first-order valence-electron chi connectivity index (χ1n) is 8.38. The fourth-order valence-corrected chi connectivity index (χ4v) is 4.59. The molecule has 3 aromatic rings. The predicted molar refractivity (Wildman–Crippen MR) is 102 cm³/mol. The molecule has 136 valence electrons. The maximum Gasteiger partial charge on any atom is 0.258 e. The summed E-state index contributed by atoms with van der Waals surface area (Å²) in [6, 6.07) is 12.3. The van der Waals surface area contributed by atoms with Crippen molar-refractivity contribution in [3.63, 3.8) is 0 Å². The van der Waals surface area contributed by atoms with E-state index in [1.54, 1.807) is 50.2 Å². The van der Waals surface area contributed by atoms with Crippen LogP contribution < -0.4 is 5.56 Å². The summed E-state index contributed by atoms with van der Waals surface area (Å²) < 4.78 is 27.5. The van der Waals surface area contributed by atoms with Crippen molar-refractivity contribution in [1.82, 2.24) is 14.3 Å². The molecule has 0 aliphatic heterocycles. The first-order chi connectivity index (χ1) is 12.3. The highest BCUT2D eigenvalue weighted by Crippen LogP contribution is 2.22. The van der Waals surface area contributed by atoms with Gasteiger partial charge in [-0.25, -0.2) is 13.4 Å². The zero-order chi connectivity index (χ0) is 18.9. The van der Waals surface area contributed by atoms with Gasteiger partial charge in [0, 0.05) is 6.54 Å². The SMILES string of the molecule is CCN(Cc1nc2ccccc2c(=O)[nH]1)S(=O)(=O)c1cc(C)ccc1C. The third-order valence-corrected chi connectivity index (χ3v) is 6.36. The van der Waals surface area contributed by atoms with E-state index >= 15 is 0 Å². The molecule has 26 heavy (non-hydrogen) atoms. The van der Waals surface area contributed by atoms with Crippen molar-refractivity contribution in [2.75, 3.05) is 6.54 Å². The molecule has 0 aliphatic carbocycles. The maximum absolute atomic E-state index is 13.1. The number of benzene rings is 2. The van der Waals surface area contributed by atoms with E-state index < -0.39 is 10.0 Å². The van der Waals surface area contributed by atoms with Crippen molar-refractivity contribution in [3.05, 3.63) is 69.8 Å². The zero-order valence-electron chi connectivity index (χ0n) is 15.0. The molecule has 7 heteroatoms. The fourth-order valence-electron chi connectivity index (χ4n) is 2.87. The van der Waals surface area contributed by atoms with Gasteiger partial charge in [-0.2, -0.15) is 4.31 Å². The lowest BCUT2D eigenvalue weighted by atomic mass is 10.2. The van der Waals surface area contributed by atoms with Gasteiger partial charge in [0.25, 0.3) is 5.56 Å². The molecule has 0 radical (unpaired) electrons. The standard InChI is InChI=1S/C19H21N3O3S/c1-4-22(26(24,25)17-11-13(2)9-10-14(17)3)12-18-20-16-8-6-5-7-15(16)19(23)21-18/h5-11H,4,12H2,1-3H3,(H,20,21,23). The van der Waals surface area contributed by atoms with E-state index in [1.165, 1.54) is 4.31 Å². The minimum absolute atomic E-state index is 0.00624. The van der Waals surface area contributed by atoms with E-state index in [0.29, 0.717) is 22.3 Å². The van der Waals surface area contributed by atoms with Crippen molar-refractivity contribution in [2.24, 2.45) is 0 Å². The molecule has 0 unspecified atom stereocenters. The Morgan fingerprint density at radius 3 is 2.58 bits per heavy atom. The summed E-state index contributed by atoms with van der Waals surface area (Å²) in [5, 5.41) is 0.483. The Morgan fingerprint density at radius 1 is 1.12 bits per heavy atom. The second-order valence-electron chi connectivity index (χ2n) is 6.23. The quantitative estimate of drug-likeness (QED) is 0.747. The zero-order valence-corrected chi connectivity index (χ0v) is 15.8. The van der Waals surface area contributed by atoms with Crippen LogP contribution in [0.25, 0.3) is 10.9 Å². The third-order valence-electron chi connectivity index (χ3n) is 4.30. The molecule has 0 saturated carbocycles. The van der Waals surface area contributed by atoms with Crippen LogP contribution in [0.2, 0.25) is 0 Å². The monoisotopic (exact) mass is 371 g/mol. The van der Waals surface area contributed by atoms with E-state index in [0.717, 1.165) is 5.56 Å². The Balaban J connectivity index is 2.02. The van der Waals surface area contributed by atoms with E-state index in [2.05, 4.69) is 9.97 Å².